The maximum Gasteiger partial charge on any atom is 0.240 e. The number of primary amides is 1. The Bertz CT molecular complexity index is 1680. The number of ether oxygens (including phenoxy) is 2. The fourth-order valence-corrected chi connectivity index (χ4v) is 7.80. The number of methoxy groups -OCH3 is 1. The number of fused-ring (bicyclic) bond motifs is 1. The maximum absolute atomic E-state index is 14.1. The quantitative estimate of drug-likeness (QED) is 0.308. The summed E-state index contributed by atoms with van der Waals surface area (Å²) in [6.45, 7) is 9.29. The van der Waals surface area contributed by atoms with Crippen LogP contribution in [0.1, 0.15) is 59.3 Å². The Balaban J connectivity index is 1.43. The van der Waals surface area contributed by atoms with Gasteiger partial charge in [0.15, 0.2) is 5.78 Å². The van der Waals surface area contributed by atoms with E-state index >= 15 is 0 Å². The Morgan fingerprint density at radius 1 is 1.22 bits per heavy atom. The Kier molecular flexibility index (Phi) is 8.93. The van der Waals surface area contributed by atoms with Crippen molar-refractivity contribution in [3.8, 4) is 11.6 Å². The van der Waals surface area contributed by atoms with E-state index in [0.717, 1.165) is 10.8 Å². The average molecular weight is 655 g/mol. The molecule has 0 bridgehead atoms. The number of benzene rings is 1. The topological polar surface area (TPSA) is 175 Å². The lowest BCUT2D eigenvalue weighted by Gasteiger charge is -2.34. The monoisotopic (exact) mass is 654 g/mol. The summed E-state index contributed by atoms with van der Waals surface area (Å²) in [5.41, 5.74) is 3.60. The second-order valence-electron chi connectivity index (χ2n) is 13.8. The predicted molar refractivity (Wildman–Crippen MR) is 170 cm³/mol. The van der Waals surface area contributed by atoms with E-state index in [1.54, 1.807) is 25.4 Å². The van der Waals surface area contributed by atoms with Crippen LogP contribution in [0.3, 0.4) is 0 Å². The molecule has 0 radical (unpaired) electrons. The Labute approximate surface area is 269 Å². The lowest BCUT2D eigenvalue weighted by Crippen LogP contribution is -2.49. The standard InChI is InChI=1S/C33H42N4O8S/c1-6-20-16-33(20,31(41)36-46(42,43)23-8-9-23)17-27(38)26-14-22(18-37(26)30(40)25(15-28(34)39)32(2,3)4)45-29-24-10-7-21(44-5)13-19(24)11-12-35-29/h6-7,10-13,20,22-23,25-26H,1,8-9,14-18H2,2-5H3,(H2,34,39)(H,36,41)/t20-,22-,25-,26+,33-/m1/s1. The van der Waals surface area contributed by atoms with Crippen LogP contribution in [0.2, 0.25) is 0 Å². The molecule has 0 unspecified atom stereocenters. The van der Waals surface area contributed by atoms with Crippen molar-refractivity contribution in [2.75, 3.05) is 13.7 Å². The molecule has 3 N–H and O–H groups in total. The largest absolute Gasteiger partial charge is 0.497 e. The van der Waals surface area contributed by atoms with Crippen molar-refractivity contribution >= 4 is 44.3 Å². The van der Waals surface area contributed by atoms with Gasteiger partial charge in [0.2, 0.25) is 33.6 Å². The minimum absolute atomic E-state index is 0.0367. The lowest BCUT2D eigenvalue weighted by atomic mass is 9.77. The summed E-state index contributed by atoms with van der Waals surface area (Å²) >= 11 is 0. The second-order valence-corrected chi connectivity index (χ2v) is 15.8. The molecule has 12 nitrogen and oxygen atoms in total. The number of hydrogen-bond donors (Lipinski definition) is 2. The van der Waals surface area contributed by atoms with E-state index in [1.165, 1.54) is 4.90 Å². The first-order valence-corrected chi connectivity index (χ1v) is 17.0. The van der Waals surface area contributed by atoms with Crippen LogP contribution in [-0.2, 0) is 29.2 Å². The normalized spacial score (nSPS) is 25.0. The number of carbonyl (C=O) groups is 4. The number of nitrogens with zero attached hydrogens (tertiary/aromatic N) is 2. The molecule has 2 aliphatic carbocycles. The molecule has 248 valence electrons. The van der Waals surface area contributed by atoms with Gasteiger partial charge in [-0.1, -0.05) is 26.8 Å². The highest BCUT2D eigenvalue weighted by atomic mass is 32.2. The van der Waals surface area contributed by atoms with Crippen LogP contribution in [0.15, 0.2) is 43.1 Å². The highest BCUT2D eigenvalue weighted by Gasteiger charge is 2.61. The number of rotatable bonds is 13. The third-order valence-corrected chi connectivity index (χ3v) is 11.3. The molecule has 0 spiro atoms. The summed E-state index contributed by atoms with van der Waals surface area (Å²) in [6, 6.07) is 6.28. The van der Waals surface area contributed by atoms with Gasteiger partial charge in [0.05, 0.1) is 36.3 Å². The van der Waals surface area contributed by atoms with Crippen molar-refractivity contribution in [2.45, 2.75) is 76.7 Å². The van der Waals surface area contributed by atoms with Crippen LogP contribution in [0, 0.1) is 22.7 Å². The van der Waals surface area contributed by atoms with Crippen molar-refractivity contribution in [3.63, 3.8) is 0 Å². The summed E-state index contributed by atoms with van der Waals surface area (Å²) < 4.78 is 39.1. The number of ketones is 1. The van der Waals surface area contributed by atoms with Crippen molar-refractivity contribution in [2.24, 2.45) is 28.4 Å². The summed E-state index contributed by atoms with van der Waals surface area (Å²) in [7, 11) is -2.26. The Morgan fingerprint density at radius 3 is 2.52 bits per heavy atom. The van der Waals surface area contributed by atoms with Gasteiger partial charge in [-0.25, -0.2) is 13.4 Å². The number of allylic oxidation sites excluding steroid dienone is 1. The number of amides is 3. The van der Waals surface area contributed by atoms with Gasteiger partial charge in [-0.15, -0.1) is 6.58 Å². The number of Topliss-reactive ketones (excluding diaryl/α,β-unsaturated/α-hetero) is 1. The zero-order chi connectivity index (χ0) is 33.6. The summed E-state index contributed by atoms with van der Waals surface area (Å²) in [5, 5.41) is 0.946. The van der Waals surface area contributed by atoms with Gasteiger partial charge < -0.3 is 20.1 Å². The lowest BCUT2D eigenvalue weighted by molar-refractivity contribution is -0.146. The average Bonchev–Trinajstić information content (AvgIpc) is 3.91. The van der Waals surface area contributed by atoms with Crippen molar-refractivity contribution < 1.29 is 37.1 Å². The van der Waals surface area contributed by atoms with Crippen LogP contribution >= 0.6 is 0 Å². The van der Waals surface area contributed by atoms with E-state index in [1.807, 2.05) is 39.0 Å². The molecule has 1 saturated heterocycles. The van der Waals surface area contributed by atoms with Crippen LogP contribution in [0.25, 0.3) is 10.8 Å². The smallest absolute Gasteiger partial charge is 0.240 e. The summed E-state index contributed by atoms with van der Waals surface area (Å²) in [5.74, 6) is -2.40. The fourth-order valence-electron chi connectivity index (χ4n) is 6.41. The van der Waals surface area contributed by atoms with Gasteiger partial charge in [0.1, 0.15) is 11.9 Å². The number of pyridine rings is 1. The first kappa shape index (κ1) is 33.4. The molecular weight excluding hydrogens is 612 g/mol. The van der Waals surface area contributed by atoms with Crippen molar-refractivity contribution in [1.82, 2.24) is 14.6 Å². The number of nitrogens with one attached hydrogen (secondary N) is 1. The number of carbonyl (C=O) groups excluding carboxylic acids is 4. The molecule has 3 amide bonds. The molecule has 13 heteroatoms. The molecule has 46 heavy (non-hydrogen) atoms. The molecule has 5 rings (SSSR count). The molecule has 2 aromatic rings. The molecule has 5 atom stereocenters. The SMILES string of the molecule is C=C[C@@H]1C[C@]1(CC(=O)[C@@H]1C[C@@H](Oc2nccc3cc(OC)ccc23)CN1C(=O)[C@@H](CC(N)=O)C(C)(C)C)C(=O)NS(=O)(=O)C1CC1. The van der Waals surface area contributed by atoms with Crippen molar-refractivity contribution in [3.05, 3.63) is 43.1 Å². The highest BCUT2D eigenvalue weighted by Crippen LogP contribution is 2.57. The second kappa shape index (κ2) is 12.3. The summed E-state index contributed by atoms with van der Waals surface area (Å²) in [4.78, 5) is 59.5. The zero-order valence-electron chi connectivity index (χ0n) is 26.7. The third kappa shape index (κ3) is 6.74. The molecule has 3 fully saturated rings. The van der Waals surface area contributed by atoms with E-state index in [-0.39, 0.29) is 32.2 Å². The third-order valence-electron chi connectivity index (χ3n) is 9.44. The minimum Gasteiger partial charge on any atom is -0.497 e. The van der Waals surface area contributed by atoms with E-state index in [2.05, 4.69) is 16.3 Å². The van der Waals surface area contributed by atoms with Crippen LogP contribution < -0.4 is 19.9 Å². The summed E-state index contributed by atoms with van der Waals surface area (Å²) in [6.07, 6.45) is 3.39. The Hall–Kier alpha value is -4.00. The number of hydrogen-bond acceptors (Lipinski definition) is 9. The van der Waals surface area contributed by atoms with E-state index in [9.17, 15) is 27.6 Å². The molecule has 3 aliphatic rings. The van der Waals surface area contributed by atoms with Gasteiger partial charge in [-0.2, -0.15) is 0 Å². The molecule has 2 heterocycles. The first-order valence-electron chi connectivity index (χ1n) is 15.5. The number of likely N-dealkylation sites (tertiary alicyclic amines) is 1. The number of aromatic nitrogens is 1. The van der Waals surface area contributed by atoms with Gasteiger partial charge in [-0.3, -0.25) is 23.9 Å². The highest BCUT2D eigenvalue weighted by molar-refractivity contribution is 7.90. The van der Waals surface area contributed by atoms with Gasteiger partial charge >= 0.3 is 0 Å². The number of sulfonamides is 1. The molecule has 1 aromatic heterocycles. The van der Waals surface area contributed by atoms with Crippen molar-refractivity contribution in [1.29, 1.82) is 0 Å². The van der Waals surface area contributed by atoms with Crippen LogP contribution in [-0.4, -0.2) is 72.9 Å². The molecular formula is C33H42N4O8S. The molecule has 2 saturated carbocycles. The number of nitrogens with two attached hydrogens (primary N) is 1. The fraction of sp³-hybridized carbons (Fsp3) is 0.545. The Morgan fingerprint density at radius 2 is 1.93 bits per heavy atom. The zero-order valence-corrected chi connectivity index (χ0v) is 27.5. The van der Waals surface area contributed by atoms with Gasteiger partial charge in [-0.05, 0) is 60.2 Å². The van der Waals surface area contributed by atoms with Crippen LogP contribution in [0.4, 0.5) is 0 Å². The molecule has 1 aromatic carbocycles. The first-order chi connectivity index (χ1) is 21.6. The van der Waals surface area contributed by atoms with E-state index in [4.69, 9.17) is 15.2 Å². The van der Waals surface area contributed by atoms with E-state index in [0.29, 0.717) is 24.5 Å². The van der Waals surface area contributed by atoms with E-state index < -0.39 is 73.6 Å². The van der Waals surface area contributed by atoms with Gasteiger partial charge in [0, 0.05) is 30.8 Å². The maximum atomic E-state index is 14.1. The predicted octanol–water partition coefficient (Wildman–Crippen LogP) is 2.89. The minimum atomic E-state index is -3.83. The molecule has 1 aliphatic heterocycles. The van der Waals surface area contributed by atoms with Gasteiger partial charge in [0.25, 0.3) is 0 Å². The van der Waals surface area contributed by atoms with Crippen LogP contribution in [0.5, 0.6) is 11.6 Å².